The van der Waals surface area contributed by atoms with Crippen LogP contribution in [-0.2, 0) is 0 Å². The van der Waals surface area contributed by atoms with Gasteiger partial charge in [-0.05, 0) is 30.7 Å². The van der Waals surface area contributed by atoms with E-state index in [0.29, 0.717) is 22.3 Å². The Balaban J connectivity index is 3.23. The molecule has 1 aromatic rings. The van der Waals surface area contributed by atoms with Crippen molar-refractivity contribution in [2.24, 2.45) is 0 Å². The number of rotatable bonds is 5. The molecular weight excluding hydrogens is 238 g/mol. The molecule has 0 amide bonds. The first-order valence-corrected chi connectivity index (χ1v) is 5.94. The number of halogens is 1. The normalized spacial score (nSPS) is 10.7. The average molecular weight is 256 g/mol. The van der Waals surface area contributed by atoms with Gasteiger partial charge in [-0.3, -0.25) is 4.79 Å². The van der Waals surface area contributed by atoms with Crippen LogP contribution in [0.5, 0.6) is 5.75 Å². The smallest absolute Gasteiger partial charge is 0.180 e. The van der Waals surface area contributed by atoms with Gasteiger partial charge < -0.3 is 10.1 Å². The van der Waals surface area contributed by atoms with Crippen molar-refractivity contribution in [1.82, 2.24) is 5.32 Å². The zero-order valence-corrected chi connectivity index (χ0v) is 11.4. The van der Waals surface area contributed by atoms with Crippen molar-refractivity contribution in [2.75, 3.05) is 20.7 Å². The number of hydrogen-bond acceptors (Lipinski definition) is 3. The molecule has 1 aromatic carbocycles. The lowest BCUT2D eigenvalue weighted by atomic mass is 9.99. The lowest BCUT2D eigenvalue weighted by Gasteiger charge is -2.14. The highest BCUT2D eigenvalue weighted by Gasteiger charge is 2.16. The van der Waals surface area contributed by atoms with Crippen molar-refractivity contribution in [1.29, 1.82) is 0 Å². The molecule has 0 aliphatic carbocycles. The van der Waals surface area contributed by atoms with Crippen LogP contribution in [0.25, 0.3) is 0 Å². The Morgan fingerprint density at radius 3 is 2.59 bits per heavy atom. The number of hydrogen-bond donors (Lipinski definition) is 1. The molecule has 0 saturated carbocycles. The molecule has 0 radical (unpaired) electrons. The van der Waals surface area contributed by atoms with Crippen LogP contribution in [0.4, 0.5) is 0 Å². The van der Waals surface area contributed by atoms with E-state index < -0.39 is 0 Å². The Morgan fingerprint density at radius 1 is 1.47 bits per heavy atom. The molecule has 0 aromatic heterocycles. The maximum atomic E-state index is 11.9. The quantitative estimate of drug-likeness (QED) is 0.823. The lowest BCUT2D eigenvalue weighted by Crippen LogP contribution is -2.19. The van der Waals surface area contributed by atoms with Gasteiger partial charge in [0.25, 0.3) is 0 Å². The zero-order chi connectivity index (χ0) is 13.0. The summed E-state index contributed by atoms with van der Waals surface area (Å²) >= 11 is 6.17. The molecule has 0 bridgehead atoms. The Hall–Kier alpha value is -1.06. The molecule has 0 unspecified atom stereocenters. The molecule has 3 nitrogen and oxygen atoms in total. The third kappa shape index (κ3) is 3.20. The fourth-order valence-corrected chi connectivity index (χ4v) is 2.04. The number of nitrogens with one attached hydrogen (secondary N) is 1. The van der Waals surface area contributed by atoms with Crippen LogP contribution in [0.1, 0.15) is 35.7 Å². The fraction of sp³-hybridized carbons (Fsp3) is 0.462. The summed E-state index contributed by atoms with van der Waals surface area (Å²) in [5.74, 6) is 0.852. The largest absolute Gasteiger partial charge is 0.496 e. The summed E-state index contributed by atoms with van der Waals surface area (Å²) in [6.45, 7) is 4.37. The first kappa shape index (κ1) is 14.0. The van der Waals surface area contributed by atoms with Gasteiger partial charge in [0.05, 0.1) is 19.2 Å². The number of Topliss-reactive ketones (excluding diaryl/α,β-unsaturated/α-hetero) is 1. The average Bonchev–Trinajstić information content (AvgIpc) is 2.28. The van der Waals surface area contributed by atoms with Gasteiger partial charge in [0.15, 0.2) is 5.78 Å². The molecule has 4 heteroatoms. The number of carbonyl (C=O) groups excluding carboxylic acids is 1. The molecule has 0 spiro atoms. The number of methoxy groups -OCH3 is 1. The summed E-state index contributed by atoms with van der Waals surface area (Å²) in [6, 6.07) is 3.53. The van der Waals surface area contributed by atoms with Crippen molar-refractivity contribution >= 4 is 17.4 Å². The summed E-state index contributed by atoms with van der Waals surface area (Å²) in [5, 5.41) is 3.44. The van der Waals surface area contributed by atoms with Crippen LogP contribution in [0.3, 0.4) is 0 Å². The third-order valence-corrected chi connectivity index (χ3v) is 2.91. The van der Waals surface area contributed by atoms with E-state index in [1.807, 2.05) is 6.07 Å². The van der Waals surface area contributed by atoms with Gasteiger partial charge in [0.2, 0.25) is 0 Å². The number of ketones is 1. The molecule has 1 rings (SSSR count). The third-order valence-electron chi connectivity index (χ3n) is 2.58. The highest BCUT2D eigenvalue weighted by atomic mass is 35.5. The van der Waals surface area contributed by atoms with Crippen molar-refractivity contribution in [3.63, 3.8) is 0 Å². The predicted octanol–water partition coefficient (Wildman–Crippen LogP) is 2.87. The molecule has 17 heavy (non-hydrogen) atoms. The first-order chi connectivity index (χ1) is 8.01. The second kappa shape index (κ2) is 6.03. The van der Waals surface area contributed by atoms with Crippen LogP contribution in [-0.4, -0.2) is 26.5 Å². The summed E-state index contributed by atoms with van der Waals surface area (Å²) in [5.41, 5.74) is 1.51. The van der Waals surface area contributed by atoms with Gasteiger partial charge in [0, 0.05) is 5.02 Å². The minimum Gasteiger partial charge on any atom is -0.496 e. The topological polar surface area (TPSA) is 38.3 Å². The van der Waals surface area contributed by atoms with Gasteiger partial charge >= 0.3 is 0 Å². The first-order valence-electron chi connectivity index (χ1n) is 5.56. The standard InChI is InChI=1S/C13H18ClNO2/c1-8(2)9-6-13(17-4)10(5-11(9)14)12(16)7-15-3/h5-6,8,15H,7H2,1-4H3. The minimum absolute atomic E-state index is 0.0263. The van der Waals surface area contributed by atoms with Crippen molar-refractivity contribution < 1.29 is 9.53 Å². The summed E-state index contributed by atoms with van der Waals surface area (Å²) < 4.78 is 5.25. The maximum Gasteiger partial charge on any atom is 0.180 e. The summed E-state index contributed by atoms with van der Waals surface area (Å²) in [4.78, 5) is 11.9. The van der Waals surface area contributed by atoms with Crippen LogP contribution in [0.2, 0.25) is 5.02 Å². The molecule has 0 atom stereocenters. The van der Waals surface area contributed by atoms with E-state index in [-0.39, 0.29) is 12.3 Å². The van der Waals surface area contributed by atoms with Crippen LogP contribution < -0.4 is 10.1 Å². The number of benzene rings is 1. The lowest BCUT2D eigenvalue weighted by molar-refractivity contribution is 0.0990. The van der Waals surface area contributed by atoms with Gasteiger partial charge in [-0.15, -0.1) is 0 Å². The number of likely N-dealkylation sites (N-methyl/N-ethyl adjacent to an activating group) is 1. The van der Waals surface area contributed by atoms with E-state index in [0.717, 1.165) is 5.56 Å². The molecular formula is C13H18ClNO2. The van der Waals surface area contributed by atoms with E-state index in [1.54, 1.807) is 20.2 Å². The van der Waals surface area contributed by atoms with Crippen LogP contribution in [0, 0.1) is 0 Å². The number of carbonyl (C=O) groups is 1. The molecule has 94 valence electrons. The van der Waals surface area contributed by atoms with Crippen molar-refractivity contribution in [3.05, 3.63) is 28.3 Å². The van der Waals surface area contributed by atoms with E-state index in [1.165, 1.54) is 0 Å². The Bertz CT molecular complexity index is 416. The second-order valence-electron chi connectivity index (χ2n) is 4.18. The van der Waals surface area contributed by atoms with Crippen molar-refractivity contribution in [3.8, 4) is 5.75 Å². The molecule has 1 N–H and O–H groups in total. The van der Waals surface area contributed by atoms with Gasteiger partial charge in [-0.25, -0.2) is 0 Å². The van der Waals surface area contributed by atoms with Gasteiger partial charge in [-0.1, -0.05) is 25.4 Å². The molecule has 0 saturated heterocycles. The SMILES string of the molecule is CNCC(=O)c1cc(Cl)c(C(C)C)cc1OC. The van der Waals surface area contributed by atoms with Gasteiger partial charge in [-0.2, -0.15) is 0 Å². The molecule has 0 heterocycles. The number of ether oxygens (including phenoxy) is 1. The Kier molecular flexibility index (Phi) is 4.97. The van der Waals surface area contributed by atoms with Crippen LogP contribution >= 0.6 is 11.6 Å². The summed E-state index contributed by atoms with van der Waals surface area (Å²) in [7, 11) is 3.29. The highest BCUT2D eigenvalue weighted by molar-refractivity contribution is 6.32. The van der Waals surface area contributed by atoms with Crippen molar-refractivity contribution in [2.45, 2.75) is 19.8 Å². The Morgan fingerprint density at radius 2 is 2.12 bits per heavy atom. The molecule has 0 fully saturated rings. The molecule has 0 aliphatic rings. The predicted molar refractivity (Wildman–Crippen MR) is 70.4 cm³/mol. The van der Waals surface area contributed by atoms with E-state index in [2.05, 4.69) is 19.2 Å². The minimum atomic E-state index is -0.0263. The maximum absolute atomic E-state index is 11.9. The summed E-state index contributed by atoms with van der Waals surface area (Å²) in [6.07, 6.45) is 0. The fourth-order valence-electron chi connectivity index (χ4n) is 1.65. The van der Waals surface area contributed by atoms with Gasteiger partial charge in [0.1, 0.15) is 5.75 Å². The Labute approximate surface area is 107 Å². The molecule has 0 aliphatic heterocycles. The highest BCUT2D eigenvalue weighted by Crippen LogP contribution is 2.31. The van der Waals surface area contributed by atoms with E-state index in [4.69, 9.17) is 16.3 Å². The van der Waals surface area contributed by atoms with Crippen LogP contribution in [0.15, 0.2) is 12.1 Å². The monoisotopic (exact) mass is 255 g/mol. The van der Waals surface area contributed by atoms with E-state index >= 15 is 0 Å². The van der Waals surface area contributed by atoms with E-state index in [9.17, 15) is 4.79 Å². The second-order valence-corrected chi connectivity index (χ2v) is 4.59. The zero-order valence-electron chi connectivity index (χ0n) is 10.6.